The molecule has 1 aliphatic carbocycles. The lowest BCUT2D eigenvalue weighted by Gasteiger charge is -2.39. The number of nitrogens with two attached hydrogens (primary N) is 6. The van der Waals surface area contributed by atoms with Crippen molar-refractivity contribution >= 4 is 34.3 Å². The number of aliphatic imine (C=N–C) groups is 3. The predicted octanol–water partition coefficient (Wildman–Crippen LogP) is -0.238. The Morgan fingerprint density at radius 2 is 1.39 bits per heavy atom. The molecule has 10 heteroatoms. The number of hydrogen-bond acceptors (Lipinski definition) is 4. The summed E-state index contributed by atoms with van der Waals surface area (Å²) in [5.74, 6) is 0.104. The third-order valence-electron chi connectivity index (χ3n) is 5.81. The van der Waals surface area contributed by atoms with Crippen LogP contribution in [0.2, 0.25) is 0 Å². The Hall–Kier alpha value is -3.53. The maximum atomic E-state index is 10.9. The molecule has 1 aliphatic rings. The number of aliphatic hydroxyl groups is 1. The van der Waals surface area contributed by atoms with Crippen molar-refractivity contribution in [2.75, 3.05) is 13.1 Å². The number of nitrogens with zero attached hydrogens (tertiary/aromatic N) is 3. The summed E-state index contributed by atoms with van der Waals surface area (Å²) in [6.07, 6.45) is 0.671. The normalized spacial score (nSPS) is 23.1. The van der Waals surface area contributed by atoms with Gasteiger partial charge in [-0.25, -0.2) is 4.99 Å². The Morgan fingerprint density at radius 3 is 2.00 bits per heavy atom. The van der Waals surface area contributed by atoms with Crippen molar-refractivity contribution in [1.29, 1.82) is 0 Å². The molecule has 0 aromatic heterocycles. The van der Waals surface area contributed by atoms with Crippen molar-refractivity contribution in [2.45, 2.75) is 24.9 Å². The van der Waals surface area contributed by atoms with E-state index in [1.807, 2.05) is 36.4 Å². The lowest BCUT2D eigenvalue weighted by atomic mass is 9.69. The molecule has 2 aromatic rings. The molecule has 0 amide bonds. The number of aliphatic hydroxyl groups excluding tert-OH is 1. The average molecular weight is 426 g/mol. The summed E-state index contributed by atoms with van der Waals surface area (Å²) in [6.45, 7) is 0.806. The van der Waals surface area contributed by atoms with E-state index in [1.54, 1.807) is 0 Å². The fourth-order valence-electron chi connectivity index (χ4n) is 4.45. The van der Waals surface area contributed by atoms with Crippen LogP contribution in [0.1, 0.15) is 24.3 Å². The first-order valence-electron chi connectivity index (χ1n) is 10.2. The molecule has 0 saturated heterocycles. The molecular weight excluding hydrogens is 394 g/mol. The van der Waals surface area contributed by atoms with Crippen LogP contribution in [0.5, 0.6) is 0 Å². The molecule has 0 radical (unpaired) electrons. The van der Waals surface area contributed by atoms with Gasteiger partial charge in [-0.05, 0) is 41.7 Å². The molecule has 31 heavy (non-hydrogen) atoms. The molecule has 2 aromatic carbocycles. The van der Waals surface area contributed by atoms with Gasteiger partial charge < -0.3 is 39.5 Å². The molecule has 0 aliphatic heterocycles. The fraction of sp³-hybridized carbons (Fsp3) is 0.381. The van der Waals surface area contributed by atoms with Gasteiger partial charge in [-0.2, -0.15) is 0 Å². The van der Waals surface area contributed by atoms with Crippen LogP contribution in [-0.4, -0.2) is 42.2 Å². The van der Waals surface area contributed by atoms with Gasteiger partial charge in [-0.3, -0.25) is 9.98 Å². The van der Waals surface area contributed by atoms with Gasteiger partial charge in [0.1, 0.15) is 0 Å². The molecule has 0 spiro atoms. The van der Waals surface area contributed by atoms with E-state index in [2.05, 4.69) is 15.0 Å². The van der Waals surface area contributed by atoms with Crippen LogP contribution >= 0.6 is 0 Å². The zero-order valence-electron chi connectivity index (χ0n) is 17.4. The third kappa shape index (κ3) is 5.34. The highest BCUT2D eigenvalue weighted by Gasteiger charge is 2.37. The van der Waals surface area contributed by atoms with E-state index in [0.29, 0.717) is 31.6 Å². The van der Waals surface area contributed by atoms with Crippen LogP contribution in [0.15, 0.2) is 51.4 Å². The van der Waals surface area contributed by atoms with E-state index in [4.69, 9.17) is 34.4 Å². The summed E-state index contributed by atoms with van der Waals surface area (Å²) in [5, 5.41) is 12.8. The van der Waals surface area contributed by atoms with Gasteiger partial charge in [0.05, 0.1) is 11.8 Å². The summed E-state index contributed by atoms with van der Waals surface area (Å²) in [7, 11) is 0. The number of guanidine groups is 3. The van der Waals surface area contributed by atoms with E-state index >= 15 is 0 Å². The minimum Gasteiger partial charge on any atom is -0.393 e. The largest absolute Gasteiger partial charge is 0.393 e. The van der Waals surface area contributed by atoms with Gasteiger partial charge in [0.15, 0.2) is 17.9 Å². The van der Waals surface area contributed by atoms with Crippen molar-refractivity contribution in [2.24, 2.45) is 61.2 Å². The predicted molar refractivity (Wildman–Crippen MR) is 126 cm³/mol. The average Bonchev–Trinajstić information content (AvgIpc) is 2.71. The molecule has 0 unspecified atom stereocenters. The standard InChI is InChI=1S/C21H31N9O/c22-19(23)28-9-11-7-12(10-29-20(24)25)18(31)8-16(11)14-5-6-17(30-21(26)27)15-4-2-1-3-13(14)15/h1-6,11-12,16,18,31H,7-10H2,(H4,22,23,28)(H4,24,25,29)(H4,26,27,30)/t11-,12+,16+,18-/m1/s1. The first-order chi connectivity index (χ1) is 14.8. The molecule has 0 bridgehead atoms. The molecule has 166 valence electrons. The Labute approximate surface area is 181 Å². The SMILES string of the molecule is NC(N)=NC[C@@H]1C[C@H](CN=C(N)N)[C@@H](c2ccc(N=C(N)N)c3ccccc23)C[C@H]1O. The van der Waals surface area contributed by atoms with E-state index in [0.717, 1.165) is 16.3 Å². The van der Waals surface area contributed by atoms with E-state index in [-0.39, 0.29) is 35.6 Å². The minimum atomic E-state index is -0.556. The Balaban J connectivity index is 2.02. The minimum absolute atomic E-state index is 0.000741. The van der Waals surface area contributed by atoms with Crippen LogP contribution < -0.4 is 34.4 Å². The number of rotatable bonds is 6. The highest BCUT2D eigenvalue weighted by Crippen LogP contribution is 2.44. The topological polar surface area (TPSA) is 213 Å². The first kappa shape index (κ1) is 22.2. The summed E-state index contributed by atoms with van der Waals surface area (Å²) in [5.41, 5.74) is 35.1. The van der Waals surface area contributed by atoms with Crippen molar-refractivity contribution < 1.29 is 5.11 Å². The number of benzene rings is 2. The molecule has 0 heterocycles. The summed E-state index contributed by atoms with van der Waals surface area (Å²) < 4.78 is 0. The lowest BCUT2D eigenvalue weighted by molar-refractivity contribution is 0.0422. The summed E-state index contributed by atoms with van der Waals surface area (Å²) in [4.78, 5) is 12.6. The molecule has 1 saturated carbocycles. The molecule has 13 N–H and O–H groups in total. The van der Waals surface area contributed by atoms with Crippen LogP contribution in [-0.2, 0) is 0 Å². The van der Waals surface area contributed by atoms with Crippen molar-refractivity contribution in [3.63, 3.8) is 0 Å². The van der Waals surface area contributed by atoms with Crippen molar-refractivity contribution in [3.05, 3.63) is 42.0 Å². The molecule has 3 rings (SSSR count). The summed E-state index contributed by atoms with van der Waals surface area (Å²) in [6, 6.07) is 11.8. The van der Waals surface area contributed by atoms with Gasteiger partial charge in [-0.15, -0.1) is 0 Å². The maximum absolute atomic E-state index is 10.9. The Bertz CT molecular complexity index is 1010. The number of hydrogen-bond donors (Lipinski definition) is 7. The second-order valence-electron chi connectivity index (χ2n) is 7.95. The lowest BCUT2D eigenvalue weighted by Crippen LogP contribution is -2.38. The highest BCUT2D eigenvalue weighted by molar-refractivity contribution is 5.97. The van der Waals surface area contributed by atoms with Crippen LogP contribution in [0, 0.1) is 11.8 Å². The van der Waals surface area contributed by atoms with Crippen LogP contribution in [0.4, 0.5) is 5.69 Å². The zero-order valence-corrected chi connectivity index (χ0v) is 17.4. The highest BCUT2D eigenvalue weighted by atomic mass is 16.3. The first-order valence-corrected chi connectivity index (χ1v) is 10.2. The van der Waals surface area contributed by atoms with Crippen molar-refractivity contribution in [3.8, 4) is 0 Å². The quantitative estimate of drug-likeness (QED) is 0.243. The monoisotopic (exact) mass is 425 g/mol. The second-order valence-corrected chi connectivity index (χ2v) is 7.95. The Morgan fingerprint density at radius 1 is 0.774 bits per heavy atom. The van der Waals surface area contributed by atoms with Crippen LogP contribution in [0.3, 0.4) is 0 Å². The Kier molecular flexibility index (Phi) is 6.81. The van der Waals surface area contributed by atoms with Crippen LogP contribution in [0.25, 0.3) is 10.8 Å². The molecule has 4 atom stereocenters. The smallest absolute Gasteiger partial charge is 0.191 e. The third-order valence-corrected chi connectivity index (χ3v) is 5.81. The van der Waals surface area contributed by atoms with Gasteiger partial charge in [-0.1, -0.05) is 30.3 Å². The second kappa shape index (κ2) is 9.52. The molecule has 1 fully saturated rings. The maximum Gasteiger partial charge on any atom is 0.191 e. The van der Waals surface area contributed by atoms with Gasteiger partial charge in [0.2, 0.25) is 0 Å². The van der Waals surface area contributed by atoms with E-state index in [1.165, 1.54) is 0 Å². The van der Waals surface area contributed by atoms with Crippen molar-refractivity contribution in [1.82, 2.24) is 0 Å². The van der Waals surface area contributed by atoms with Gasteiger partial charge >= 0.3 is 0 Å². The number of fused-ring (bicyclic) bond motifs is 1. The fourth-order valence-corrected chi connectivity index (χ4v) is 4.45. The zero-order chi connectivity index (χ0) is 22.5. The molecule has 10 nitrogen and oxygen atoms in total. The van der Waals surface area contributed by atoms with E-state index < -0.39 is 6.10 Å². The summed E-state index contributed by atoms with van der Waals surface area (Å²) >= 11 is 0. The van der Waals surface area contributed by atoms with Gasteiger partial charge in [0.25, 0.3) is 0 Å². The molecular formula is C21H31N9O. The van der Waals surface area contributed by atoms with Gasteiger partial charge in [0, 0.05) is 24.4 Å². The van der Waals surface area contributed by atoms with E-state index in [9.17, 15) is 5.11 Å².